The van der Waals surface area contributed by atoms with E-state index in [9.17, 15) is 4.39 Å². The Morgan fingerprint density at radius 2 is 1.92 bits per heavy atom. The quantitative estimate of drug-likeness (QED) is 0.617. The van der Waals surface area contributed by atoms with Crippen molar-refractivity contribution in [2.45, 2.75) is 12.5 Å². The molecule has 1 aromatic rings. The molecule has 0 bridgehead atoms. The summed E-state index contributed by atoms with van der Waals surface area (Å²) < 4.78 is 12.6. The third-order valence-electron chi connectivity index (χ3n) is 1.64. The van der Waals surface area contributed by atoms with Crippen molar-refractivity contribution in [1.82, 2.24) is 0 Å². The van der Waals surface area contributed by atoms with Crippen LogP contribution in [0.4, 0.5) is 4.39 Å². The number of aryl methyl sites for hydroxylation is 1. The van der Waals surface area contributed by atoms with Crippen molar-refractivity contribution in [3.8, 4) is 0 Å². The molecule has 0 heterocycles. The molecule has 0 aliphatic rings. The molecule has 3 N–H and O–H groups in total. The molecule has 0 aliphatic heterocycles. The molecule has 0 fully saturated rings. The molecule has 0 unspecified atom stereocenters. The highest BCUT2D eigenvalue weighted by Gasteiger charge is 2.25. The summed E-state index contributed by atoms with van der Waals surface area (Å²) in [4.78, 5) is 26.1. The van der Waals surface area contributed by atoms with Crippen molar-refractivity contribution in [2.75, 3.05) is 0 Å². The second-order valence-corrected chi connectivity index (χ2v) is 4.95. The number of halogens is 1. The van der Waals surface area contributed by atoms with E-state index in [2.05, 4.69) is 0 Å². The van der Waals surface area contributed by atoms with Crippen LogP contribution in [0.1, 0.15) is 5.56 Å². The SMILES string of the molecule is O[Si](O)(O)CCc1cccc(F)c1. The summed E-state index contributed by atoms with van der Waals surface area (Å²) in [6.45, 7) is 0. The van der Waals surface area contributed by atoms with E-state index in [0.29, 0.717) is 5.56 Å². The van der Waals surface area contributed by atoms with E-state index in [1.54, 1.807) is 12.1 Å². The second kappa shape index (κ2) is 3.97. The predicted octanol–water partition coefficient (Wildman–Crippen LogP) is 0.284. The average Bonchev–Trinajstić information content (AvgIpc) is 2.00. The van der Waals surface area contributed by atoms with Gasteiger partial charge in [-0.2, -0.15) is 0 Å². The third kappa shape index (κ3) is 4.14. The van der Waals surface area contributed by atoms with Crippen LogP contribution in [0.2, 0.25) is 6.04 Å². The van der Waals surface area contributed by atoms with Gasteiger partial charge in [-0.25, -0.2) is 4.39 Å². The van der Waals surface area contributed by atoms with E-state index in [0.717, 1.165) is 0 Å². The van der Waals surface area contributed by atoms with Crippen molar-refractivity contribution in [3.63, 3.8) is 0 Å². The topological polar surface area (TPSA) is 60.7 Å². The van der Waals surface area contributed by atoms with Crippen LogP contribution in [0, 0.1) is 5.82 Å². The zero-order valence-corrected chi connectivity index (χ0v) is 7.94. The molecule has 1 aromatic carbocycles. The Kier molecular flexibility index (Phi) is 3.15. The first kappa shape index (κ1) is 10.3. The number of benzene rings is 1. The molecular formula is C8H11FO3Si. The van der Waals surface area contributed by atoms with Gasteiger partial charge in [-0.15, -0.1) is 0 Å². The number of hydrogen-bond acceptors (Lipinski definition) is 3. The Bertz CT molecular complexity index is 285. The highest BCUT2D eigenvalue weighted by atomic mass is 28.4. The maximum absolute atomic E-state index is 12.6. The van der Waals surface area contributed by atoms with Gasteiger partial charge < -0.3 is 14.4 Å². The zero-order chi connectivity index (χ0) is 9.90. The van der Waals surface area contributed by atoms with Gasteiger partial charge in [0.2, 0.25) is 0 Å². The van der Waals surface area contributed by atoms with Crippen molar-refractivity contribution in [3.05, 3.63) is 35.6 Å². The van der Waals surface area contributed by atoms with Crippen molar-refractivity contribution in [2.24, 2.45) is 0 Å². The molecule has 0 aliphatic carbocycles. The first-order valence-corrected chi connectivity index (χ1v) is 5.94. The third-order valence-corrected chi connectivity index (χ3v) is 2.56. The summed E-state index contributed by atoms with van der Waals surface area (Å²) in [5.41, 5.74) is 0.647. The lowest BCUT2D eigenvalue weighted by atomic mass is 10.2. The fourth-order valence-corrected chi connectivity index (χ4v) is 1.63. The Morgan fingerprint density at radius 1 is 1.23 bits per heavy atom. The molecule has 0 atom stereocenters. The predicted molar refractivity (Wildman–Crippen MR) is 47.3 cm³/mol. The lowest BCUT2D eigenvalue weighted by Crippen LogP contribution is -2.34. The lowest BCUT2D eigenvalue weighted by molar-refractivity contribution is 0.228. The molecule has 0 saturated carbocycles. The Labute approximate surface area is 76.5 Å². The molecule has 0 aromatic heterocycles. The van der Waals surface area contributed by atoms with Crippen molar-refractivity contribution < 1.29 is 18.8 Å². The Hall–Kier alpha value is -0.753. The van der Waals surface area contributed by atoms with Gasteiger partial charge in [0.15, 0.2) is 0 Å². The summed E-state index contributed by atoms with van der Waals surface area (Å²) in [6, 6.07) is 5.73. The van der Waals surface area contributed by atoms with E-state index in [4.69, 9.17) is 14.4 Å². The summed E-state index contributed by atoms with van der Waals surface area (Å²) in [6.07, 6.45) is 0.271. The highest BCUT2D eigenvalue weighted by Crippen LogP contribution is 2.09. The van der Waals surface area contributed by atoms with Crippen LogP contribution in [0.25, 0.3) is 0 Å². The molecule has 0 saturated heterocycles. The minimum atomic E-state index is -3.98. The molecule has 0 radical (unpaired) electrons. The van der Waals surface area contributed by atoms with Gasteiger partial charge in [-0.1, -0.05) is 12.1 Å². The minimum Gasteiger partial charge on any atom is -0.390 e. The number of rotatable bonds is 3. The lowest BCUT2D eigenvalue weighted by Gasteiger charge is -2.08. The normalized spacial score (nSPS) is 11.7. The average molecular weight is 202 g/mol. The molecule has 13 heavy (non-hydrogen) atoms. The fourth-order valence-electron chi connectivity index (χ4n) is 1.00. The summed E-state index contributed by atoms with van der Waals surface area (Å²) in [5.74, 6) is -0.362. The van der Waals surface area contributed by atoms with Crippen LogP contribution < -0.4 is 0 Å². The van der Waals surface area contributed by atoms with Gasteiger partial charge in [0.1, 0.15) is 5.82 Å². The number of hydrogen-bond donors (Lipinski definition) is 3. The van der Waals surface area contributed by atoms with Gasteiger partial charge in [0.25, 0.3) is 0 Å². The molecule has 3 nitrogen and oxygen atoms in total. The molecule has 72 valence electrons. The largest absolute Gasteiger partial charge is 0.493 e. The van der Waals surface area contributed by atoms with Crippen LogP contribution in [-0.4, -0.2) is 23.2 Å². The first-order valence-electron chi connectivity index (χ1n) is 3.89. The smallest absolute Gasteiger partial charge is 0.390 e. The van der Waals surface area contributed by atoms with Crippen LogP contribution in [0.5, 0.6) is 0 Å². The first-order chi connectivity index (χ1) is 5.97. The maximum atomic E-state index is 12.6. The molecule has 0 spiro atoms. The van der Waals surface area contributed by atoms with Crippen molar-refractivity contribution >= 4 is 8.80 Å². The van der Waals surface area contributed by atoms with Gasteiger partial charge in [0, 0.05) is 6.04 Å². The highest BCUT2D eigenvalue weighted by molar-refractivity contribution is 6.56. The van der Waals surface area contributed by atoms with Crippen molar-refractivity contribution in [1.29, 1.82) is 0 Å². The molecule has 5 heteroatoms. The van der Waals surface area contributed by atoms with Crippen LogP contribution in [0.15, 0.2) is 24.3 Å². The van der Waals surface area contributed by atoms with Crippen LogP contribution in [-0.2, 0) is 6.42 Å². The summed E-state index contributed by atoms with van der Waals surface area (Å²) in [7, 11) is -3.98. The Morgan fingerprint density at radius 3 is 2.46 bits per heavy atom. The van der Waals surface area contributed by atoms with E-state index >= 15 is 0 Å². The van der Waals surface area contributed by atoms with Gasteiger partial charge in [-0.05, 0) is 24.1 Å². The van der Waals surface area contributed by atoms with Gasteiger partial charge in [-0.3, -0.25) is 0 Å². The standard InChI is InChI=1S/C8H11FO3Si/c9-8-3-1-2-7(6-8)4-5-13(10,11)12/h1-3,6,10-12H,4-5H2. The monoisotopic (exact) mass is 202 g/mol. The van der Waals surface area contributed by atoms with Crippen LogP contribution >= 0.6 is 0 Å². The van der Waals surface area contributed by atoms with Crippen LogP contribution in [0.3, 0.4) is 0 Å². The molecule has 0 amide bonds. The summed E-state index contributed by atoms with van der Waals surface area (Å²) >= 11 is 0. The Balaban J connectivity index is 2.55. The molecule has 1 rings (SSSR count). The maximum Gasteiger partial charge on any atom is 0.493 e. The van der Waals surface area contributed by atoms with E-state index in [1.807, 2.05) is 0 Å². The van der Waals surface area contributed by atoms with Gasteiger partial charge in [0.05, 0.1) is 0 Å². The van der Waals surface area contributed by atoms with E-state index in [1.165, 1.54) is 12.1 Å². The van der Waals surface area contributed by atoms with Gasteiger partial charge >= 0.3 is 8.80 Å². The minimum absolute atomic E-state index is 0.101. The molecular weight excluding hydrogens is 191 g/mol. The fraction of sp³-hybridized carbons (Fsp3) is 0.250. The second-order valence-electron chi connectivity index (χ2n) is 2.90. The zero-order valence-electron chi connectivity index (χ0n) is 6.94. The summed E-state index contributed by atoms with van der Waals surface area (Å²) in [5, 5.41) is 0. The van der Waals surface area contributed by atoms with E-state index < -0.39 is 8.80 Å². The van der Waals surface area contributed by atoms with E-state index in [-0.39, 0.29) is 18.3 Å².